The van der Waals surface area contributed by atoms with Crippen LogP contribution in [0.2, 0.25) is 0 Å². The Bertz CT molecular complexity index is 1220. The van der Waals surface area contributed by atoms with Crippen molar-refractivity contribution in [3.63, 3.8) is 0 Å². The van der Waals surface area contributed by atoms with E-state index in [2.05, 4.69) is 35.0 Å². The van der Waals surface area contributed by atoms with E-state index in [1.807, 2.05) is 66.7 Å². The Morgan fingerprint density at radius 3 is 2.32 bits per heavy atom. The van der Waals surface area contributed by atoms with Crippen molar-refractivity contribution in [1.29, 1.82) is 0 Å². The minimum Gasteiger partial charge on any atom is -0.497 e. The highest BCUT2D eigenvalue weighted by Gasteiger charge is 2.24. The molecule has 0 aliphatic heterocycles. The average molecular weight is 536 g/mol. The number of thiazole rings is 1. The lowest BCUT2D eigenvalue weighted by Crippen LogP contribution is -2.26. The van der Waals surface area contributed by atoms with Gasteiger partial charge in [0.2, 0.25) is 5.91 Å². The van der Waals surface area contributed by atoms with E-state index in [0.717, 1.165) is 45.6 Å². The van der Waals surface area contributed by atoms with Gasteiger partial charge in [0.25, 0.3) is 0 Å². The Hall–Kier alpha value is -2.96. The molecule has 34 heavy (non-hydrogen) atoms. The third-order valence-electron chi connectivity index (χ3n) is 5.52. The molecule has 0 N–H and O–H groups in total. The second-order valence-corrected chi connectivity index (χ2v) is 9.92. The highest BCUT2D eigenvalue weighted by Crippen LogP contribution is 2.38. The Morgan fingerprint density at radius 1 is 0.971 bits per heavy atom. The number of hydrogen-bond acceptors (Lipinski definition) is 4. The van der Waals surface area contributed by atoms with Crippen molar-refractivity contribution in [3.05, 3.63) is 93.8 Å². The summed E-state index contributed by atoms with van der Waals surface area (Å²) in [6.07, 6.45) is 3.00. The van der Waals surface area contributed by atoms with Crippen molar-refractivity contribution < 1.29 is 9.53 Å². The number of anilines is 2. The number of aryl methyl sites for hydroxylation is 2. The highest BCUT2D eigenvalue weighted by molar-refractivity contribution is 9.10. The Morgan fingerprint density at radius 2 is 1.68 bits per heavy atom. The number of ether oxygens (including phenoxy) is 1. The number of methoxy groups -OCH3 is 1. The number of carbonyl (C=O) groups is 1. The molecule has 0 fully saturated rings. The van der Waals surface area contributed by atoms with E-state index in [1.54, 1.807) is 23.3 Å². The van der Waals surface area contributed by atoms with Gasteiger partial charge in [-0.15, -0.1) is 11.3 Å². The summed E-state index contributed by atoms with van der Waals surface area (Å²) in [6.45, 7) is 2.16. The third kappa shape index (κ3) is 5.75. The predicted octanol–water partition coefficient (Wildman–Crippen LogP) is 7.83. The molecule has 0 saturated carbocycles. The first-order valence-corrected chi connectivity index (χ1v) is 13.0. The van der Waals surface area contributed by atoms with Crippen LogP contribution in [0, 0.1) is 0 Å². The van der Waals surface area contributed by atoms with E-state index in [-0.39, 0.29) is 5.91 Å². The largest absolute Gasteiger partial charge is 0.497 e. The van der Waals surface area contributed by atoms with Crippen LogP contribution in [0.5, 0.6) is 5.75 Å². The van der Waals surface area contributed by atoms with Gasteiger partial charge < -0.3 is 4.74 Å². The highest BCUT2D eigenvalue weighted by atomic mass is 79.9. The van der Waals surface area contributed by atoms with Gasteiger partial charge in [-0.1, -0.05) is 59.6 Å². The van der Waals surface area contributed by atoms with E-state index in [9.17, 15) is 4.79 Å². The van der Waals surface area contributed by atoms with Gasteiger partial charge in [0.1, 0.15) is 5.75 Å². The van der Waals surface area contributed by atoms with Crippen molar-refractivity contribution in [1.82, 2.24) is 4.98 Å². The molecule has 0 aliphatic carbocycles. The molecule has 4 aromatic rings. The molecule has 1 aromatic heterocycles. The molecule has 1 amide bonds. The zero-order chi connectivity index (χ0) is 23.9. The van der Waals surface area contributed by atoms with Crippen LogP contribution >= 0.6 is 27.3 Å². The molecule has 0 spiro atoms. The normalized spacial score (nSPS) is 10.8. The maximum absolute atomic E-state index is 13.6. The van der Waals surface area contributed by atoms with Crippen LogP contribution in [0.3, 0.4) is 0 Å². The molecule has 6 heteroatoms. The van der Waals surface area contributed by atoms with Crippen LogP contribution in [0.1, 0.15) is 30.2 Å². The molecule has 0 bridgehead atoms. The van der Waals surface area contributed by atoms with Gasteiger partial charge >= 0.3 is 0 Å². The molecular formula is C28H27BrN2O2S. The summed E-state index contributed by atoms with van der Waals surface area (Å²) in [5, 5.41) is 0.703. The lowest BCUT2D eigenvalue weighted by atomic mass is 10.1. The fourth-order valence-electron chi connectivity index (χ4n) is 3.76. The number of aromatic nitrogens is 1. The van der Waals surface area contributed by atoms with Crippen molar-refractivity contribution in [2.24, 2.45) is 0 Å². The molecule has 174 valence electrons. The third-order valence-corrected chi connectivity index (χ3v) is 7.15. The van der Waals surface area contributed by atoms with Crippen molar-refractivity contribution in [2.75, 3.05) is 12.0 Å². The minimum atomic E-state index is 0.0317. The van der Waals surface area contributed by atoms with Gasteiger partial charge in [0, 0.05) is 21.3 Å². The molecule has 4 nitrogen and oxygen atoms in total. The van der Waals surface area contributed by atoms with Crippen LogP contribution in [-0.4, -0.2) is 18.0 Å². The van der Waals surface area contributed by atoms with Crippen LogP contribution < -0.4 is 9.64 Å². The fourth-order valence-corrected chi connectivity index (χ4v) is 5.25. The maximum atomic E-state index is 13.6. The predicted molar refractivity (Wildman–Crippen MR) is 144 cm³/mol. The first-order chi connectivity index (χ1) is 16.6. The molecule has 0 saturated heterocycles. The quantitative estimate of drug-likeness (QED) is 0.219. The number of carbonyl (C=O) groups excluding carboxylic acids is 1. The summed E-state index contributed by atoms with van der Waals surface area (Å²) >= 11 is 5.10. The molecule has 4 rings (SSSR count). The summed E-state index contributed by atoms with van der Waals surface area (Å²) in [6, 6.07) is 25.9. The molecule has 1 heterocycles. The van der Waals surface area contributed by atoms with Gasteiger partial charge in [0.15, 0.2) is 5.13 Å². The maximum Gasteiger partial charge on any atom is 0.233 e. The van der Waals surface area contributed by atoms with E-state index >= 15 is 0 Å². The summed E-state index contributed by atoms with van der Waals surface area (Å²) in [4.78, 5) is 21.5. The van der Waals surface area contributed by atoms with Crippen molar-refractivity contribution >= 4 is 44.0 Å². The van der Waals surface area contributed by atoms with Crippen LogP contribution in [0.4, 0.5) is 10.8 Å². The molecular weight excluding hydrogens is 508 g/mol. The topological polar surface area (TPSA) is 42.4 Å². The standard InChI is InChI=1S/C28H27BrN2O2S/c1-3-7-25-27(21-11-17-24(33-2)18-12-21)30-28(34-25)31(23-15-13-22(29)14-16-23)26(32)19-10-20-8-5-4-6-9-20/h4-6,8-9,11-18H,3,7,10,19H2,1-2H3. The summed E-state index contributed by atoms with van der Waals surface area (Å²) in [5.74, 6) is 0.841. The van der Waals surface area contributed by atoms with Crippen LogP contribution in [-0.2, 0) is 17.6 Å². The zero-order valence-corrected chi connectivity index (χ0v) is 21.7. The second kappa shape index (κ2) is 11.4. The molecule has 0 unspecified atom stereocenters. The van der Waals surface area contributed by atoms with Gasteiger partial charge in [-0.05, 0) is 66.9 Å². The first-order valence-electron chi connectivity index (χ1n) is 11.4. The van der Waals surface area contributed by atoms with Crippen molar-refractivity contribution in [3.8, 4) is 17.0 Å². The number of halogens is 1. The average Bonchev–Trinajstić information content (AvgIpc) is 3.28. The lowest BCUT2D eigenvalue weighted by molar-refractivity contribution is -0.117. The fraction of sp³-hybridized carbons (Fsp3) is 0.214. The van der Waals surface area contributed by atoms with Crippen LogP contribution in [0.25, 0.3) is 11.3 Å². The summed E-state index contributed by atoms with van der Waals surface area (Å²) in [7, 11) is 1.66. The van der Waals surface area contributed by atoms with E-state index in [4.69, 9.17) is 9.72 Å². The second-order valence-electron chi connectivity index (χ2n) is 7.94. The zero-order valence-electron chi connectivity index (χ0n) is 19.3. The molecule has 0 radical (unpaired) electrons. The Labute approximate surface area is 213 Å². The smallest absolute Gasteiger partial charge is 0.233 e. The number of benzene rings is 3. The number of amides is 1. The Balaban J connectivity index is 1.71. The van der Waals surface area contributed by atoms with Gasteiger partial charge in [-0.25, -0.2) is 4.98 Å². The van der Waals surface area contributed by atoms with E-state index in [0.29, 0.717) is 18.0 Å². The lowest BCUT2D eigenvalue weighted by Gasteiger charge is -2.20. The van der Waals surface area contributed by atoms with Gasteiger partial charge in [-0.2, -0.15) is 0 Å². The number of hydrogen-bond donors (Lipinski definition) is 0. The molecule has 0 aliphatic rings. The Kier molecular flexibility index (Phi) is 8.14. The van der Waals surface area contributed by atoms with E-state index < -0.39 is 0 Å². The first kappa shape index (κ1) is 24.2. The summed E-state index contributed by atoms with van der Waals surface area (Å²) < 4.78 is 6.28. The van der Waals surface area contributed by atoms with Crippen molar-refractivity contribution in [2.45, 2.75) is 32.6 Å². The van der Waals surface area contributed by atoms with E-state index in [1.165, 1.54) is 4.88 Å². The van der Waals surface area contributed by atoms with Crippen LogP contribution in [0.15, 0.2) is 83.3 Å². The number of rotatable bonds is 9. The monoisotopic (exact) mass is 534 g/mol. The SMILES string of the molecule is CCCc1sc(N(C(=O)CCc2ccccc2)c2ccc(Br)cc2)nc1-c1ccc(OC)cc1. The molecule has 0 atom stereocenters. The van der Waals surface area contributed by atoms with Gasteiger partial charge in [0.05, 0.1) is 18.5 Å². The van der Waals surface area contributed by atoms with Gasteiger partial charge in [-0.3, -0.25) is 9.69 Å². The summed E-state index contributed by atoms with van der Waals surface area (Å²) in [5.41, 5.74) is 3.93. The molecule has 3 aromatic carbocycles. The number of nitrogens with zero attached hydrogens (tertiary/aromatic N) is 2. The minimum absolute atomic E-state index is 0.0317.